The van der Waals surface area contributed by atoms with Gasteiger partial charge in [-0.2, -0.15) is 0 Å². The van der Waals surface area contributed by atoms with Crippen LogP contribution in [0, 0.1) is 0 Å². The second kappa shape index (κ2) is 10.6. The quantitative estimate of drug-likeness (QED) is 0.436. The first-order chi connectivity index (χ1) is 16.0. The van der Waals surface area contributed by atoms with Gasteiger partial charge in [-0.25, -0.2) is 14.6 Å². The molecular weight excluding hydrogens is 462 g/mol. The lowest BCUT2D eigenvalue weighted by molar-refractivity contribution is -0.119. The third-order valence-electron chi connectivity index (χ3n) is 4.99. The summed E-state index contributed by atoms with van der Waals surface area (Å²) < 4.78 is 10.3. The lowest BCUT2D eigenvalue weighted by Gasteiger charge is -2.08. The minimum atomic E-state index is -0.687. The van der Waals surface area contributed by atoms with Gasteiger partial charge in [-0.05, 0) is 37.3 Å². The summed E-state index contributed by atoms with van der Waals surface area (Å²) in [5, 5.41) is 8.47. The monoisotopic (exact) mass is 485 g/mol. The molecule has 0 bridgehead atoms. The Morgan fingerprint density at radius 3 is 2.70 bits per heavy atom. The predicted octanol–water partition coefficient (Wildman–Crippen LogP) is 4.28. The molecule has 2 heterocycles. The van der Waals surface area contributed by atoms with E-state index in [0.29, 0.717) is 22.2 Å². The number of hydrogen-bond donors (Lipinski definition) is 2. The van der Waals surface area contributed by atoms with Crippen LogP contribution in [0.3, 0.4) is 0 Å². The highest BCUT2D eigenvalue weighted by Crippen LogP contribution is 2.39. The summed E-state index contributed by atoms with van der Waals surface area (Å²) in [7, 11) is 0. The average Bonchev–Trinajstić information content (AvgIpc) is 3.53. The van der Waals surface area contributed by atoms with E-state index in [1.165, 1.54) is 22.7 Å². The van der Waals surface area contributed by atoms with Crippen molar-refractivity contribution in [1.82, 2.24) is 4.98 Å². The fraction of sp³-hybridized carbons (Fsp3) is 0.304. The van der Waals surface area contributed by atoms with Gasteiger partial charge in [0, 0.05) is 16.8 Å². The van der Waals surface area contributed by atoms with Crippen molar-refractivity contribution in [3.63, 3.8) is 0 Å². The number of aryl methyl sites for hydroxylation is 1. The van der Waals surface area contributed by atoms with Crippen molar-refractivity contribution in [3.05, 3.63) is 63.0 Å². The molecule has 0 saturated carbocycles. The molecule has 1 amide bonds. The van der Waals surface area contributed by atoms with Crippen molar-refractivity contribution < 1.29 is 23.9 Å². The average molecular weight is 486 g/mol. The van der Waals surface area contributed by atoms with Gasteiger partial charge in [-0.3, -0.25) is 4.79 Å². The summed E-state index contributed by atoms with van der Waals surface area (Å²) in [6.07, 6.45) is 2.65. The Bertz CT molecular complexity index is 1160. The molecule has 2 aromatic heterocycles. The number of amides is 1. The SMILES string of the molecule is CCOC(=O)c1c(NC(=O)COC(=O)c2csc(NCc3ccccc3)n2)sc2c1CCC2. The first-order valence-corrected chi connectivity index (χ1v) is 12.3. The molecule has 172 valence electrons. The predicted molar refractivity (Wildman–Crippen MR) is 127 cm³/mol. The lowest BCUT2D eigenvalue weighted by atomic mass is 10.1. The molecule has 0 atom stereocenters. The number of benzene rings is 1. The third-order valence-corrected chi connectivity index (χ3v) is 7.00. The van der Waals surface area contributed by atoms with Crippen LogP contribution in [0.2, 0.25) is 0 Å². The Labute approximate surface area is 199 Å². The van der Waals surface area contributed by atoms with Gasteiger partial charge in [-0.1, -0.05) is 30.3 Å². The number of hydrogen-bond acceptors (Lipinski definition) is 9. The van der Waals surface area contributed by atoms with Crippen LogP contribution in [0.5, 0.6) is 0 Å². The van der Waals surface area contributed by atoms with Crippen molar-refractivity contribution >= 4 is 50.7 Å². The van der Waals surface area contributed by atoms with Crippen LogP contribution in [-0.2, 0) is 33.7 Å². The maximum Gasteiger partial charge on any atom is 0.358 e. The lowest BCUT2D eigenvalue weighted by Crippen LogP contribution is -2.22. The Morgan fingerprint density at radius 1 is 1.09 bits per heavy atom. The molecule has 3 aromatic rings. The van der Waals surface area contributed by atoms with Crippen LogP contribution >= 0.6 is 22.7 Å². The molecule has 0 fully saturated rings. The summed E-state index contributed by atoms with van der Waals surface area (Å²) in [5.74, 6) is -1.65. The van der Waals surface area contributed by atoms with Crippen LogP contribution in [0.15, 0.2) is 35.7 Å². The minimum absolute atomic E-state index is 0.130. The zero-order chi connectivity index (χ0) is 23.2. The molecule has 1 aliphatic rings. The largest absolute Gasteiger partial charge is 0.462 e. The highest BCUT2D eigenvalue weighted by atomic mass is 32.1. The molecule has 2 N–H and O–H groups in total. The number of esters is 2. The zero-order valence-corrected chi connectivity index (χ0v) is 19.6. The van der Waals surface area contributed by atoms with Crippen molar-refractivity contribution in [1.29, 1.82) is 0 Å². The molecule has 0 aliphatic heterocycles. The van der Waals surface area contributed by atoms with E-state index >= 15 is 0 Å². The highest BCUT2D eigenvalue weighted by molar-refractivity contribution is 7.17. The number of ether oxygens (including phenoxy) is 2. The molecule has 33 heavy (non-hydrogen) atoms. The molecule has 10 heteroatoms. The number of aromatic nitrogens is 1. The second-order valence-electron chi connectivity index (χ2n) is 7.28. The first-order valence-electron chi connectivity index (χ1n) is 10.6. The first kappa shape index (κ1) is 22.9. The fourth-order valence-corrected chi connectivity index (χ4v) is 5.47. The maximum absolute atomic E-state index is 12.4. The van der Waals surface area contributed by atoms with Gasteiger partial charge < -0.3 is 20.1 Å². The molecule has 1 aromatic carbocycles. The summed E-state index contributed by atoms with van der Waals surface area (Å²) in [6, 6.07) is 9.83. The van der Waals surface area contributed by atoms with Gasteiger partial charge in [0.05, 0.1) is 12.2 Å². The summed E-state index contributed by atoms with van der Waals surface area (Å²) in [6.45, 7) is 2.10. The van der Waals surface area contributed by atoms with Gasteiger partial charge in [0.15, 0.2) is 17.4 Å². The molecule has 0 spiro atoms. The van der Waals surface area contributed by atoms with Crippen LogP contribution in [-0.4, -0.2) is 36.0 Å². The van der Waals surface area contributed by atoms with E-state index in [0.717, 1.165) is 35.3 Å². The van der Waals surface area contributed by atoms with Gasteiger partial charge >= 0.3 is 11.9 Å². The van der Waals surface area contributed by atoms with Crippen molar-refractivity contribution in [2.45, 2.75) is 32.7 Å². The van der Waals surface area contributed by atoms with E-state index in [4.69, 9.17) is 9.47 Å². The number of nitrogens with zero attached hydrogens (tertiary/aromatic N) is 1. The van der Waals surface area contributed by atoms with E-state index in [-0.39, 0.29) is 12.3 Å². The number of carbonyl (C=O) groups excluding carboxylic acids is 3. The van der Waals surface area contributed by atoms with E-state index < -0.39 is 24.5 Å². The number of thiazole rings is 1. The summed E-state index contributed by atoms with van der Waals surface area (Å²) >= 11 is 2.66. The molecular formula is C23H23N3O5S2. The molecule has 0 unspecified atom stereocenters. The third kappa shape index (κ3) is 5.58. The normalized spacial score (nSPS) is 12.2. The number of thiophene rings is 1. The maximum atomic E-state index is 12.4. The van der Waals surface area contributed by atoms with Crippen molar-refractivity contribution in [2.24, 2.45) is 0 Å². The number of anilines is 2. The van der Waals surface area contributed by atoms with E-state index in [9.17, 15) is 14.4 Å². The highest BCUT2D eigenvalue weighted by Gasteiger charge is 2.28. The van der Waals surface area contributed by atoms with Crippen LogP contribution in [0.25, 0.3) is 0 Å². The Balaban J connectivity index is 1.31. The second-order valence-corrected chi connectivity index (χ2v) is 9.25. The molecule has 1 aliphatic carbocycles. The van der Waals surface area contributed by atoms with E-state index in [1.807, 2.05) is 30.3 Å². The van der Waals surface area contributed by atoms with Crippen LogP contribution in [0.1, 0.15) is 50.2 Å². The molecule has 0 saturated heterocycles. The Kier molecular flexibility index (Phi) is 7.36. The Morgan fingerprint density at radius 2 is 1.91 bits per heavy atom. The van der Waals surface area contributed by atoms with E-state index in [1.54, 1.807) is 12.3 Å². The standard InChI is InChI=1S/C23H23N3O5S2/c1-2-30-22(29)19-15-9-6-10-17(15)33-20(19)26-18(27)12-31-21(28)16-13-32-23(25-16)24-11-14-7-4-3-5-8-14/h3-5,7-8,13H,2,6,9-12H2,1H3,(H,24,25)(H,26,27). The smallest absolute Gasteiger partial charge is 0.358 e. The number of nitrogens with one attached hydrogen (secondary N) is 2. The van der Waals surface area contributed by atoms with Gasteiger partial charge in [0.1, 0.15) is 5.00 Å². The zero-order valence-electron chi connectivity index (χ0n) is 18.0. The minimum Gasteiger partial charge on any atom is -0.462 e. The van der Waals surface area contributed by atoms with E-state index in [2.05, 4.69) is 15.6 Å². The molecule has 8 nitrogen and oxygen atoms in total. The van der Waals surface area contributed by atoms with Crippen LogP contribution < -0.4 is 10.6 Å². The summed E-state index contributed by atoms with van der Waals surface area (Å²) in [4.78, 5) is 42.4. The van der Waals surface area contributed by atoms with Crippen molar-refractivity contribution in [2.75, 3.05) is 23.8 Å². The summed E-state index contributed by atoms with van der Waals surface area (Å²) in [5.41, 5.74) is 2.59. The van der Waals surface area contributed by atoms with Crippen LogP contribution in [0.4, 0.5) is 10.1 Å². The van der Waals surface area contributed by atoms with Gasteiger partial charge in [-0.15, -0.1) is 22.7 Å². The topological polar surface area (TPSA) is 107 Å². The van der Waals surface area contributed by atoms with Crippen molar-refractivity contribution in [3.8, 4) is 0 Å². The number of carbonyl (C=O) groups is 3. The number of fused-ring (bicyclic) bond motifs is 1. The van der Waals surface area contributed by atoms with Gasteiger partial charge in [0.25, 0.3) is 5.91 Å². The molecule has 4 rings (SSSR count). The number of rotatable bonds is 9. The molecule has 0 radical (unpaired) electrons. The van der Waals surface area contributed by atoms with Gasteiger partial charge in [0.2, 0.25) is 0 Å². The Hall–Kier alpha value is -3.24. The fourth-order valence-electron chi connectivity index (χ4n) is 3.50.